The van der Waals surface area contributed by atoms with E-state index in [2.05, 4.69) is 19.8 Å². The number of halogens is 2. The molecule has 0 bridgehead atoms. The van der Waals surface area contributed by atoms with Crippen LogP contribution in [-0.2, 0) is 17.5 Å². The van der Waals surface area contributed by atoms with Crippen LogP contribution < -0.4 is 4.72 Å². The van der Waals surface area contributed by atoms with Crippen LogP contribution in [0.4, 0.5) is 8.78 Å². The number of rotatable bonds is 8. The molecule has 6 nitrogen and oxygen atoms in total. The van der Waals surface area contributed by atoms with Crippen LogP contribution >= 0.6 is 0 Å². The molecule has 1 aromatic carbocycles. The fourth-order valence-corrected chi connectivity index (χ4v) is 3.55. The zero-order valence-electron chi connectivity index (χ0n) is 13.7. The van der Waals surface area contributed by atoms with E-state index < -0.39 is 23.3 Å². The molecule has 0 spiro atoms. The van der Waals surface area contributed by atoms with Crippen molar-refractivity contribution in [3.8, 4) is 11.5 Å². The van der Waals surface area contributed by atoms with Gasteiger partial charge in [-0.15, -0.1) is 10.2 Å². The molecule has 1 N–H and O–H groups in total. The first kappa shape index (κ1) is 18.1. The van der Waals surface area contributed by atoms with Crippen molar-refractivity contribution in [1.82, 2.24) is 19.8 Å². The molecule has 2 aromatic rings. The highest BCUT2D eigenvalue weighted by Crippen LogP contribution is 2.23. The summed E-state index contributed by atoms with van der Waals surface area (Å²) in [6.45, 7) is 3.52. The van der Waals surface area contributed by atoms with Gasteiger partial charge in [-0.05, 0) is 43.6 Å². The molecular formula is C16H20F2N4O2S. The zero-order chi connectivity index (χ0) is 17.6. The van der Waals surface area contributed by atoms with Crippen molar-refractivity contribution in [1.29, 1.82) is 0 Å². The van der Waals surface area contributed by atoms with Crippen LogP contribution in [0.5, 0.6) is 0 Å². The second-order valence-corrected chi connectivity index (χ2v) is 7.25. The molecule has 9 heteroatoms. The number of benzene rings is 1. The minimum absolute atomic E-state index is 0.0593. The van der Waals surface area contributed by atoms with Gasteiger partial charge in [0.2, 0.25) is 5.89 Å². The van der Waals surface area contributed by atoms with E-state index in [0.717, 1.165) is 25.2 Å². The van der Waals surface area contributed by atoms with Crippen molar-refractivity contribution >= 4 is 11.0 Å². The fraction of sp³-hybridized carbons (Fsp3) is 0.500. The molecule has 1 aromatic heterocycles. The second-order valence-electron chi connectivity index (χ2n) is 5.86. The van der Waals surface area contributed by atoms with Gasteiger partial charge < -0.3 is 9.32 Å². The standard InChI is InChI=1S/C16H20F2N4O2S/c17-14(18)16-21-20-15(24-16)13-5-3-12(4-6-13)11-19-25(23)10-9-22-7-1-2-8-22/h3-6,14,19H,1-2,7-11H2. The first-order valence-corrected chi connectivity index (χ1v) is 9.49. The van der Waals surface area contributed by atoms with Gasteiger partial charge in [-0.25, -0.2) is 8.93 Å². The Balaban J connectivity index is 1.47. The molecule has 1 unspecified atom stereocenters. The third kappa shape index (κ3) is 5.13. The minimum atomic E-state index is -2.78. The quantitative estimate of drug-likeness (QED) is 0.773. The van der Waals surface area contributed by atoms with Gasteiger partial charge in [0.15, 0.2) is 0 Å². The van der Waals surface area contributed by atoms with Gasteiger partial charge in [0, 0.05) is 18.7 Å². The first-order valence-electron chi connectivity index (χ1n) is 8.17. The molecule has 0 aliphatic carbocycles. The van der Waals surface area contributed by atoms with E-state index in [0.29, 0.717) is 17.9 Å². The Morgan fingerprint density at radius 1 is 1.20 bits per heavy atom. The maximum Gasteiger partial charge on any atom is 0.314 e. The minimum Gasteiger partial charge on any atom is -0.415 e. The number of hydrogen-bond donors (Lipinski definition) is 1. The summed E-state index contributed by atoms with van der Waals surface area (Å²) in [5, 5.41) is 6.91. The highest BCUT2D eigenvalue weighted by atomic mass is 32.2. The van der Waals surface area contributed by atoms with Gasteiger partial charge in [-0.3, -0.25) is 0 Å². The fourth-order valence-electron chi connectivity index (χ4n) is 2.66. The van der Waals surface area contributed by atoms with Crippen LogP contribution in [-0.4, -0.2) is 44.7 Å². The summed E-state index contributed by atoms with van der Waals surface area (Å²) in [5.41, 5.74) is 1.50. The Morgan fingerprint density at radius 3 is 2.56 bits per heavy atom. The summed E-state index contributed by atoms with van der Waals surface area (Å²) in [5.74, 6) is -0.0191. The highest BCUT2D eigenvalue weighted by Gasteiger charge is 2.17. The van der Waals surface area contributed by atoms with E-state index >= 15 is 0 Å². The van der Waals surface area contributed by atoms with Gasteiger partial charge in [0.05, 0.1) is 16.7 Å². The summed E-state index contributed by atoms with van der Waals surface area (Å²) >= 11 is 0. The molecule has 0 radical (unpaired) electrons. The van der Waals surface area contributed by atoms with Crippen molar-refractivity contribution in [2.24, 2.45) is 0 Å². The number of alkyl halides is 2. The largest absolute Gasteiger partial charge is 0.415 e. The topological polar surface area (TPSA) is 71.3 Å². The monoisotopic (exact) mass is 370 g/mol. The van der Waals surface area contributed by atoms with E-state index in [1.54, 1.807) is 12.1 Å². The van der Waals surface area contributed by atoms with Crippen LogP contribution in [0.3, 0.4) is 0 Å². The normalized spacial score (nSPS) is 16.6. The summed E-state index contributed by atoms with van der Waals surface area (Å²) < 4.78 is 44.8. The lowest BCUT2D eigenvalue weighted by atomic mass is 10.1. The van der Waals surface area contributed by atoms with Crippen LogP contribution in [0.1, 0.15) is 30.7 Å². The van der Waals surface area contributed by atoms with E-state index in [1.165, 1.54) is 12.8 Å². The van der Waals surface area contributed by atoms with Crippen molar-refractivity contribution in [3.63, 3.8) is 0 Å². The average Bonchev–Trinajstić information content (AvgIpc) is 3.30. The summed E-state index contributed by atoms with van der Waals surface area (Å²) in [6, 6.07) is 7.05. The number of aromatic nitrogens is 2. The molecule has 1 aliphatic rings. The molecule has 0 saturated carbocycles. The van der Waals surface area contributed by atoms with E-state index in [9.17, 15) is 13.0 Å². The first-order chi connectivity index (χ1) is 12.1. The molecule has 1 fully saturated rings. The Hall–Kier alpha value is -1.71. The summed E-state index contributed by atoms with van der Waals surface area (Å²) in [6.07, 6.45) is -0.323. The Morgan fingerprint density at radius 2 is 1.92 bits per heavy atom. The van der Waals surface area contributed by atoms with E-state index in [4.69, 9.17) is 4.42 Å². The molecule has 1 atom stereocenters. The van der Waals surface area contributed by atoms with Crippen molar-refractivity contribution < 1.29 is 17.4 Å². The number of hydrogen-bond acceptors (Lipinski definition) is 5. The Labute approximate surface area is 147 Å². The van der Waals surface area contributed by atoms with Crippen LogP contribution in [0, 0.1) is 0 Å². The maximum atomic E-state index is 12.5. The Bertz CT molecular complexity index is 702. The van der Waals surface area contributed by atoms with E-state index in [-0.39, 0.29) is 5.89 Å². The smallest absolute Gasteiger partial charge is 0.314 e. The molecule has 1 aliphatic heterocycles. The summed E-state index contributed by atoms with van der Waals surface area (Å²) in [4.78, 5) is 2.33. The lowest BCUT2D eigenvalue weighted by molar-refractivity contribution is 0.116. The molecular weight excluding hydrogens is 350 g/mol. The third-order valence-electron chi connectivity index (χ3n) is 4.06. The average molecular weight is 370 g/mol. The number of nitrogens with one attached hydrogen (secondary N) is 1. The third-order valence-corrected chi connectivity index (χ3v) is 5.08. The Kier molecular flexibility index (Phi) is 6.22. The van der Waals surface area contributed by atoms with Crippen molar-refractivity contribution in [2.45, 2.75) is 25.8 Å². The van der Waals surface area contributed by atoms with Crippen molar-refractivity contribution in [2.75, 3.05) is 25.4 Å². The highest BCUT2D eigenvalue weighted by molar-refractivity contribution is 7.83. The van der Waals surface area contributed by atoms with Crippen molar-refractivity contribution in [3.05, 3.63) is 35.7 Å². The molecule has 0 amide bonds. The number of nitrogens with zero attached hydrogens (tertiary/aromatic N) is 3. The molecule has 3 rings (SSSR count). The number of likely N-dealkylation sites (tertiary alicyclic amines) is 1. The van der Waals surface area contributed by atoms with Gasteiger partial charge in [-0.1, -0.05) is 12.1 Å². The van der Waals surface area contributed by atoms with Gasteiger partial charge in [-0.2, -0.15) is 8.78 Å². The lowest BCUT2D eigenvalue weighted by Gasteiger charge is -2.14. The van der Waals surface area contributed by atoms with Crippen LogP contribution in [0.15, 0.2) is 28.7 Å². The van der Waals surface area contributed by atoms with Gasteiger partial charge >= 0.3 is 6.43 Å². The molecule has 1 saturated heterocycles. The zero-order valence-corrected chi connectivity index (χ0v) is 14.5. The van der Waals surface area contributed by atoms with Crippen LogP contribution in [0.25, 0.3) is 11.5 Å². The van der Waals surface area contributed by atoms with E-state index in [1.807, 2.05) is 12.1 Å². The van der Waals surface area contributed by atoms with Gasteiger partial charge in [0.1, 0.15) is 0 Å². The maximum absolute atomic E-state index is 12.5. The summed E-state index contributed by atoms with van der Waals surface area (Å²) in [7, 11) is -1.08. The molecule has 136 valence electrons. The van der Waals surface area contributed by atoms with Crippen LogP contribution in [0.2, 0.25) is 0 Å². The predicted octanol–water partition coefficient (Wildman–Crippen LogP) is 2.52. The molecule has 2 heterocycles. The second kappa shape index (κ2) is 8.59. The van der Waals surface area contributed by atoms with Gasteiger partial charge in [0.25, 0.3) is 5.89 Å². The predicted molar refractivity (Wildman–Crippen MR) is 90.2 cm³/mol. The SMILES string of the molecule is O=S(CCN1CCCC1)NCc1ccc(-c2nnc(C(F)F)o2)cc1. The molecule has 25 heavy (non-hydrogen) atoms. The lowest BCUT2D eigenvalue weighted by Crippen LogP contribution is -2.29.